The minimum Gasteiger partial charge on any atom is -0.444 e. The first-order valence-electron chi connectivity index (χ1n) is 16.8. The molecular weight excluding hydrogens is 640 g/mol. The zero-order chi connectivity index (χ0) is 36.1. The Morgan fingerprint density at radius 1 is 0.780 bits per heavy atom. The first-order valence-corrected chi connectivity index (χ1v) is 16.8. The van der Waals surface area contributed by atoms with Crippen molar-refractivity contribution in [2.75, 3.05) is 29.2 Å². The van der Waals surface area contributed by atoms with Crippen molar-refractivity contribution in [2.24, 2.45) is 0 Å². The van der Waals surface area contributed by atoms with E-state index in [4.69, 9.17) is 18.9 Å². The molecule has 1 aliphatic carbocycles. The zero-order valence-corrected chi connectivity index (χ0v) is 29.4. The van der Waals surface area contributed by atoms with E-state index in [0.717, 1.165) is 24.0 Å². The molecular formula is C38H46N4O8. The van der Waals surface area contributed by atoms with Crippen LogP contribution in [-0.4, -0.2) is 65.6 Å². The maximum absolute atomic E-state index is 13.1. The Kier molecular flexibility index (Phi) is 11.0. The Balaban J connectivity index is 1.09. The van der Waals surface area contributed by atoms with E-state index < -0.39 is 29.3 Å². The number of nitrogens with zero attached hydrogens (tertiary/aromatic N) is 1. The van der Waals surface area contributed by atoms with Crippen LogP contribution < -0.4 is 16.0 Å². The summed E-state index contributed by atoms with van der Waals surface area (Å²) in [5.41, 5.74) is 2.28. The number of carbonyl (C=O) groups excluding carboxylic acids is 4. The fourth-order valence-electron chi connectivity index (χ4n) is 5.64. The number of benzene rings is 3. The summed E-state index contributed by atoms with van der Waals surface area (Å²) in [6, 6.07) is 21.1. The van der Waals surface area contributed by atoms with Crippen molar-refractivity contribution in [1.82, 2.24) is 4.90 Å². The molecule has 266 valence electrons. The number of carbonyl (C=O) groups is 4. The Bertz CT molecular complexity index is 1670. The third kappa shape index (κ3) is 10.2. The number of para-hydroxylation sites is 2. The van der Waals surface area contributed by atoms with E-state index in [1.54, 1.807) is 69.3 Å². The molecule has 2 fully saturated rings. The van der Waals surface area contributed by atoms with E-state index in [-0.39, 0.29) is 30.7 Å². The summed E-state index contributed by atoms with van der Waals surface area (Å²) in [6.07, 6.45) is 0.0791. The average molecular weight is 687 g/mol. The maximum atomic E-state index is 13.1. The number of anilines is 3. The highest BCUT2D eigenvalue weighted by atomic mass is 16.6. The van der Waals surface area contributed by atoms with Crippen molar-refractivity contribution in [1.29, 1.82) is 0 Å². The number of rotatable bonds is 9. The third-order valence-electron chi connectivity index (χ3n) is 8.00. The predicted octanol–water partition coefficient (Wildman–Crippen LogP) is 7.92. The van der Waals surface area contributed by atoms with Crippen molar-refractivity contribution in [3.05, 3.63) is 89.5 Å². The van der Waals surface area contributed by atoms with Crippen molar-refractivity contribution >= 4 is 41.2 Å². The molecule has 3 atom stereocenters. The smallest absolute Gasteiger partial charge is 0.412 e. The highest BCUT2D eigenvalue weighted by Crippen LogP contribution is 2.46. The lowest BCUT2D eigenvalue weighted by atomic mass is 10.1. The number of hydrogen-bond acceptors (Lipinski definition) is 8. The van der Waals surface area contributed by atoms with Gasteiger partial charge in [-0.3, -0.25) is 20.3 Å². The van der Waals surface area contributed by atoms with Crippen LogP contribution in [0.2, 0.25) is 0 Å². The summed E-state index contributed by atoms with van der Waals surface area (Å²) in [5.74, 6) is -0.196. The molecule has 0 bridgehead atoms. The summed E-state index contributed by atoms with van der Waals surface area (Å²) in [5, 5.41) is 8.12. The molecule has 1 heterocycles. The van der Waals surface area contributed by atoms with Crippen LogP contribution in [0.5, 0.6) is 0 Å². The minimum atomic E-state index is -0.670. The van der Waals surface area contributed by atoms with E-state index in [1.807, 2.05) is 49.9 Å². The molecule has 2 aliphatic rings. The van der Waals surface area contributed by atoms with Crippen molar-refractivity contribution in [3.8, 4) is 0 Å². The SMILES string of the molecule is CC(C)(C)OC(=O)Nc1ccccc1NC(=O)c1ccc(NC(=O)OCc2ccc(C3C[C@@H]3N(C(=O)OC(C)(C)C)C3CCOC3)cc2)cc1. The second-order valence-electron chi connectivity index (χ2n) is 14.5. The van der Waals surface area contributed by atoms with E-state index in [0.29, 0.717) is 35.8 Å². The van der Waals surface area contributed by atoms with Crippen LogP contribution in [0.3, 0.4) is 0 Å². The van der Waals surface area contributed by atoms with Crippen LogP contribution in [0, 0.1) is 0 Å². The average Bonchev–Trinajstić information content (AvgIpc) is 3.62. The van der Waals surface area contributed by atoms with Gasteiger partial charge >= 0.3 is 18.3 Å². The minimum absolute atomic E-state index is 0.0108. The summed E-state index contributed by atoms with van der Waals surface area (Å²) in [4.78, 5) is 52.7. The van der Waals surface area contributed by atoms with Crippen LogP contribution in [0.15, 0.2) is 72.8 Å². The molecule has 50 heavy (non-hydrogen) atoms. The van der Waals surface area contributed by atoms with Gasteiger partial charge in [-0.1, -0.05) is 36.4 Å². The monoisotopic (exact) mass is 686 g/mol. The van der Waals surface area contributed by atoms with Crippen LogP contribution in [0.4, 0.5) is 31.4 Å². The highest BCUT2D eigenvalue weighted by Gasteiger charge is 2.49. The van der Waals surface area contributed by atoms with Gasteiger partial charge in [-0.05, 0) is 102 Å². The second-order valence-corrected chi connectivity index (χ2v) is 14.5. The number of amides is 4. The third-order valence-corrected chi connectivity index (χ3v) is 8.00. The maximum Gasteiger partial charge on any atom is 0.412 e. The van der Waals surface area contributed by atoms with Crippen molar-refractivity contribution in [3.63, 3.8) is 0 Å². The molecule has 5 rings (SSSR count). The molecule has 4 amide bonds. The van der Waals surface area contributed by atoms with Gasteiger partial charge in [-0.2, -0.15) is 0 Å². The molecule has 1 aliphatic heterocycles. The lowest BCUT2D eigenvalue weighted by Crippen LogP contribution is -2.45. The molecule has 3 aromatic rings. The van der Waals surface area contributed by atoms with Gasteiger partial charge in [-0.15, -0.1) is 0 Å². The van der Waals surface area contributed by atoms with Crippen LogP contribution >= 0.6 is 0 Å². The first-order chi connectivity index (χ1) is 23.6. The molecule has 3 N–H and O–H groups in total. The largest absolute Gasteiger partial charge is 0.444 e. The van der Waals surface area contributed by atoms with E-state index >= 15 is 0 Å². The fourth-order valence-corrected chi connectivity index (χ4v) is 5.64. The quantitative estimate of drug-likeness (QED) is 0.193. The van der Waals surface area contributed by atoms with E-state index in [2.05, 4.69) is 16.0 Å². The summed E-state index contributed by atoms with van der Waals surface area (Å²) in [6.45, 7) is 12.1. The summed E-state index contributed by atoms with van der Waals surface area (Å²) < 4.78 is 22.0. The van der Waals surface area contributed by atoms with Gasteiger partial charge < -0.3 is 24.3 Å². The van der Waals surface area contributed by atoms with Crippen LogP contribution in [-0.2, 0) is 25.6 Å². The predicted molar refractivity (Wildman–Crippen MR) is 189 cm³/mol. The molecule has 1 saturated carbocycles. The molecule has 12 heteroatoms. The molecule has 1 saturated heterocycles. The molecule has 0 spiro atoms. The fraction of sp³-hybridized carbons (Fsp3) is 0.421. The Morgan fingerprint density at radius 2 is 1.42 bits per heavy atom. The zero-order valence-electron chi connectivity index (χ0n) is 29.4. The molecule has 0 aromatic heterocycles. The van der Waals surface area contributed by atoms with Gasteiger partial charge in [0.2, 0.25) is 0 Å². The molecule has 2 unspecified atom stereocenters. The molecule has 12 nitrogen and oxygen atoms in total. The Labute approximate surface area is 292 Å². The normalized spacial score (nSPS) is 18.4. The topological polar surface area (TPSA) is 145 Å². The van der Waals surface area contributed by atoms with Gasteiger partial charge in [0.15, 0.2) is 0 Å². The standard InChI is InChI=1S/C38H46N4O8/c1-37(2,3)49-35(45)41-31-10-8-7-9-30(31)40-33(43)26-15-17-27(18-16-26)39-34(44)48-22-24-11-13-25(14-12-24)29-21-32(29)42(28-19-20-47-23-28)36(46)50-38(4,5)6/h7-18,28-29,32H,19-23H2,1-6H3,(H,39,44)(H,40,43)(H,41,45)/t28?,29?,32-/m0/s1. The lowest BCUT2D eigenvalue weighted by molar-refractivity contribution is 0.0121. The van der Waals surface area contributed by atoms with Gasteiger partial charge in [0.25, 0.3) is 5.91 Å². The van der Waals surface area contributed by atoms with Gasteiger partial charge in [0.1, 0.15) is 17.8 Å². The van der Waals surface area contributed by atoms with Gasteiger partial charge in [0, 0.05) is 29.8 Å². The van der Waals surface area contributed by atoms with Crippen molar-refractivity contribution in [2.45, 2.75) is 90.2 Å². The van der Waals surface area contributed by atoms with Gasteiger partial charge in [0.05, 0.1) is 24.0 Å². The van der Waals surface area contributed by atoms with Gasteiger partial charge in [-0.25, -0.2) is 14.4 Å². The summed E-state index contributed by atoms with van der Waals surface area (Å²) >= 11 is 0. The van der Waals surface area contributed by atoms with E-state index in [9.17, 15) is 19.2 Å². The molecule has 0 radical (unpaired) electrons. The van der Waals surface area contributed by atoms with Crippen LogP contribution in [0.1, 0.15) is 81.8 Å². The number of hydrogen-bond donors (Lipinski definition) is 3. The van der Waals surface area contributed by atoms with Crippen LogP contribution in [0.25, 0.3) is 0 Å². The second kappa shape index (κ2) is 15.2. The van der Waals surface area contributed by atoms with E-state index in [1.165, 1.54) is 0 Å². The number of ether oxygens (including phenoxy) is 4. The number of nitrogens with one attached hydrogen (secondary N) is 3. The summed E-state index contributed by atoms with van der Waals surface area (Å²) in [7, 11) is 0. The molecule has 3 aromatic carbocycles. The Hall–Kier alpha value is -5.10. The lowest BCUT2D eigenvalue weighted by Gasteiger charge is -2.31. The Morgan fingerprint density at radius 3 is 2.02 bits per heavy atom. The first kappa shape index (κ1) is 36.2. The van der Waals surface area contributed by atoms with Crippen molar-refractivity contribution < 1.29 is 38.1 Å². The highest BCUT2D eigenvalue weighted by molar-refractivity contribution is 6.07.